The first-order valence-corrected chi connectivity index (χ1v) is 9.50. The van der Waals surface area contributed by atoms with E-state index in [1.807, 2.05) is 95.7 Å². The minimum Gasteiger partial charge on any atom is -0.377 e. The van der Waals surface area contributed by atoms with Crippen LogP contribution in [-0.2, 0) is 0 Å². The van der Waals surface area contributed by atoms with E-state index in [0.29, 0.717) is 6.04 Å². The molecule has 0 bridgehead atoms. The van der Waals surface area contributed by atoms with Gasteiger partial charge in [-0.05, 0) is 34.9 Å². The van der Waals surface area contributed by atoms with Crippen molar-refractivity contribution in [1.82, 2.24) is 0 Å². The molecule has 3 nitrogen and oxygen atoms in total. The highest BCUT2D eigenvalue weighted by Crippen LogP contribution is 2.43. The fraction of sp³-hybridized carbons (Fsp3) is 0.280. The molecule has 0 radical (unpaired) electrons. The van der Waals surface area contributed by atoms with Gasteiger partial charge in [-0.3, -0.25) is 0 Å². The van der Waals surface area contributed by atoms with Gasteiger partial charge in [-0.1, -0.05) is 54.6 Å². The molecule has 0 saturated heterocycles. The Kier molecular flexibility index (Phi) is 5.14. The Morgan fingerprint density at radius 1 is 0.571 bits per heavy atom. The average Bonchev–Trinajstić information content (AvgIpc) is 2.72. The van der Waals surface area contributed by atoms with Gasteiger partial charge in [0.15, 0.2) is 0 Å². The van der Waals surface area contributed by atoms with Crippen LogP contribution >= 0.6 is 0 Å². The first-order valence-electron chi connectivity index (χ1n) is 10.5. The van der Waals surface area contributed by atoms with E-state index in [2.05, 4.69) is 21.9 Å². The van der Waals surface area contributed by atoms with Crippen LogP contribution < -0.4 is 14.7 Å². The third-order valence-electron chi connectivity index (χ3n) is 4.86. The van der Waals surface area contributed by atoms with Crippen LogP contribution in [-0.4, -0.2) is 42.3 Å². The number of nitrogens with zero attached hydrogens (tertiary/aromatic N) is 3. The maximum absolute atomic E-state index is 10.1. The lowest BCUT2D eigenvalue weighted by Gasteiger charge is -2.31. The predicted octanol–water partition coefficient (Wildman–Crippen LogP) is 5.06. The smallest absolute Gasteiger partial charge is 0.0645 e. The lowest BCUT2D eigenvalue weighted by Crippen LogP contribution is -2.19. The lowest BCUT2D eigenvalue weighted by molar-refractivity contribution is 0.932. The SMILES string of the molecule is [2H]c1cccc(C([2H])(c2ccccc2N(C)C)c2ccccc2N(C)C)c1N(C)C. The number of rotatable bonds is 6. The molecular formula is C25H31N3. The standard InChI is InChI=1S/C25H31N3/c1-26(2)22-16-10-7-13-19(22)25(20-14-8-11-17-23(20)27(3)4)21-15-9-12-18-24(21)28(5)6/h7-18,25H,1-6H3/i16D,25D. The van der Waals surface area contributed by atoms with Crippen LogP contribution in [0.4, 0.5) is 17.1 Å². The molecule has 0 unspecified atom stereocenters. The van der Waals surface area contributed by atoms with E-state index in [1.165, 1.54) is 0 Å². The summed E-state index contributed by atoms with van der Waals surface area (Å²) in [6, 6.07) is 22.2. The van der Waals surface area contributed by atoms with E-state index in [1.54, 1.807) is 6.07 Å². The van der Waals surface area contributed by atoms with Gasteiger partial charge in [-0.25, -0.2) is 0 Å². The molecule has 28 heavy (non-hydrogen) atoms. The van der Waals surface area contributed by atoms with Crippen molar-refractivity contribution < 1.29 is 2.74 Å². The summed E-state index contributed by atoms with van der Waals surface area (Å²) in [5, 5.41) is 0. The van der Waals surface area contributed by atoms with Crippen molar-refractivity contribution in [3.8, 4) is 0 Å². The Balaban J connectivity index is 2.50. The van der Waals surface area contributed by atoms with Crippen molar-refractivity contribution in [1.29, 1.82) is 0 Å². The van der Waals surface area contributed by atoms with Gasteiger partial charge in [0, 0.05) is 66.6 Å². The first-order chi connectivity index (χ1) is 14.2. The highest BCUT2D eigenvalue weighted by Gasteiger charge is 2.26. The molecule has 3 aromatic rings. The van der Waals surface area contributed by atoms with Crippen molar-refractivity contribution in [3.63, 3.8) is 0 Å². The minimum absolute atomic E-state index is 0.416. The van der Waals surface area contributed by atoms with Crippen LogP contribution in [0.3, 0.4) is 0 Å². The quantitative estimate of drug-likeness (QED) is 0.557. The Morgan fingerprint density at radius 2 is 0.929 bits per heavy atom. The molecule has 0 fully saturated rings. The number of hydrogen-bond acceptors (Lipinski definition) is 3. The normalized spacial score (nSPS) is 12.2. The van der Waals surface area contributed by atoms with Crippen LogP contribution in [0.25, 0.3) is 0 Å². The number of anilines is 3. The van der Waals surface area contributed by atoms with E-state index >= 15 is 0 Å². The second kappa shape index (κ2) is 8.39. The van der Waals surface area contributed by atoms with Crippen LogP contribution in [0.1, 0.15) is 25.3 Å². The molecule has 0 N–H and O–H groups in total. The molecule has 0 atom stereocenters. The third-order valence-corrected chi connectivity index (χ3v) is 4.86. The lowest BCUT2D eigenvalue weighted by atomic mass is 9.82. The topological polar surface area (TPSA) is 9.72 Å². The molecule has 0 aliphatic carbocycles. The fourth-order valence-electron chi connectivity index (χ4n) is 3.59. The molecule has 0 amide bonds. The fourth-order valence-corrected chi connectivity index (χ4v) is 3.59. The zero-order valence-electron chi connectivity index (χ0n) is 19.7. The molecule has 0 aliphatic rings. The van der Waals surface area contributed by atoms with Crippen LogP contribution in [0.15, 0.2) is 72.8 Å². The van der Waals surface area contributed by atoms with Crippen molar-refractivity contribution in [3.05, 3.63) is 89.5 Å². The van der Waals surface area contributed by atoms with Gasteiger partial charge < -0.3 is 14.7 Å². The molecule has 0 aliphatic heterocycles. The van der Waals surface area contributed by atoms with Crippen LogP contribution in [0.2, 0.25) is 0 Å². The van der Waals surface area contributed by atoms with Gasteiger partial charge >= 0.3 is 0 Å². The largest absolute Gasteiger partial charge is 0.377 e. The van der Waals surface area contributed by atoms with Gasteiger partial charge in [0.2, 0.25) is 0 Å². The van der Waals surface area contributed by atoms with E-state index in [-0.39, 0.29) is 0 Å². The molecule has 0 saturated carbocycles. The van der Waals surface area contributed by atoms with E-state index < -0.39 is 5.89 Å². The molecule has 3 aromatic carbocycles. The Bertz CT molecular complexity index is 977. The summed E-state index contributed by atoms with van der Waals surface area (Å²) in [6.45, 7) is 0. The first kappa shape index (κ1) is 17.2. The average molecular weight is 376 g/mol. The third kappa shape index (κ3) is 3.84. The summed E-state index contributed by atoms with van der Waals surface area (Å²) < 4.78 is 18.7. The summed E-state index contributed by atoms with van der Waals surface area (Å²) in [5.74, 6) is -1.21. The second-order valence-electron chi connectivity index (χ2n) is 7.52. The Hall–Kier alpha value is -2.94. The van der Waals surface area contributed by atoms with Crippen molar-refractivity contribution in [2.24, 2.45) is 0 Å². The molecular weight excluding hydrogens is 342 g/mol. The zero-order chi connectivity index (χ0) is 22.1. The number of para-hydroxylation sites is 3. The molecule has 3 rings (SSSR count). The van der Waals surface area contributed by atoms with Crippen LogP contribution in [0.5, 0.6) is 0 Å². The van der Waals surface area contributed by atoms with Crippen LogP contribution in [0, 0.1) is 0 Å². The number of hydrogen-bond donors (Lipinski definition) is 0. The summed E-state index contributed by atoms with van der Waals surface area (Å²) in [6.07, 6.45) is 0. The summed E-state index contributed by atoms with van der Waals surface area (Å²) >= 11 is 0. The number of benzene rings is 3. The maximum atomic E-state index is 10.1. The highest BCUT2D eigenvalue weighted by molar-refractivity contribution is 5.69. The van der Waals surface area contributed by atoms with Gasteiger partial charge in [-0.2, -0.15) is 0 Å². The van der Waals surface area contributed by atoms with E-state index in [4.69, 9.17) is 1.37 Å². The zero-order valence-corrected chi connectivity index (χ0v) is 17.7. The Morgan fingerprint density at radius 3 is 1.36 bits per heavy atom. The monoisotopic (exact) mass is 375 g/mol. The molecule has 3 heteroatoms. The minimum atomic E-state index is -1.21. The van der Waals surface area contributed by atoms with Crippen molar-refractivity contribution in [2.45, 2.75) is 5.89 Å². The predicted molar refractivity (Wildman–Crippen MR) is 123 cm³/mol. The van der Waals surface area contributed by atoms with Gasteiger partial charge in [0.05, 0.1) is 1.37 Å². The maximum Gasteiger partial charge on any atom is 0.0645 e. The van der Waals surface area contributed by atoms with Crippen molar-refractivity contribution >= 4 is 17.1 Å². The van der Waals surface area contributed by atoms with Gasteiger partial charge in [0.25, 0.3) is 0 Å². The Labute approximate surface area is 172 Å². The summed E-state index contributed by atoms with van der Waals surface area (Å²) in [4.78, 5) is 6.05. The van der Waals surface area contributed by atoms with E-state index in [0.717, 1.165) is 33.8 Å². The second-order valence-corrected chi connectivity index (χ2v) is 7.52. The van der Waals surface area contributed by atoms with E-state index in [9.17, 15) is 1.37 Å². The molecule has 0 spiro atoms. The summed E-state index contributed by atoms with van der Waals surface area (Å²) in [7, 11) is 11.9. The molecule has 0 aromatic heterocycles. The van der Waals surface area contributed by atoms with Crippen molar-refractivity contribution in [2.75, 3.05) is 57.0 Å². The molecule has 0 heterocycles. The molecule has 146 valence electrons. The van der Waals surface area contributed by atoms with Gasteiger partial charge in [-0.15, -0.1) is 0 Å². The highest BCUT2D eigenvalue weighted by atomic mass is 15.1. The summed E-state index contributed by atoms with van der Waals surface area (Å²) in [5.41, 5.74) is 5.30. The van der Waals surface area contributed by atoms with Gasteiger partial charge in [0.1, 0.15) is 0 Å².